The lowest BCUT2D eigenvalue weighted by atomic mass is 10.2. The fourth-order valence-electron chi connectivity index (χ4n) is 1.11. The second kappa shape index (κ2) is 6.62. The zero-order valence-corrected chi connectivity index (χ0v) is 8.01. The summed E-state index contributed by atoms with van der Waals surface area (Å²) in [6.45, 7) is 6.74. The van der Waals surface area contributed by atoms with Gasteiger partial charge in [0, 0.05) is 13.2 Å². The van der Waals surface area contributed by atoms with Gasteiger partial charge < -0.3 is 10.0 Å². The molecule has 0 fully saturated rings. The van der Waals surface area contributed by atoms with E-state index < -0.39 is 0 Å². The van der Waals surface area contributed by atoms with Crippen molar-refractivity contribution < 1.29 is 5.11 Å². The van der Waals surface area contributed by atoms with Crippen molar-refractivity contribution in [2.24, 2.45) is 5.92 Å². The molecule has 0 aromatic carbocycles. The summed E-state index contributed by atoms with van der Waals surface area (Å²) in [5, 5.41) is 8.78. The van der Waals surface area contributed by atoms with Gasteiger partial charge in [-0.15, -0.1) is 0 Å². The number of hydrogen-bond donors (Lipinski definition) is 1. The van der Waals surface area contributed by atoms with Gasteiger partial charge in [-0.25, -0.2) is 0 Å². The second-order valence-electron chi connectivity index (χ2n) is 3.40. The molecule has 0 saturated carbocycles. The molecule has 0 aliphatic heterocycles. The van der Waals surface area contributed by atoms with Crippen LogP contribution in [0.3, 0.4) is 0 Å². The van der Waals surface area contributed by atoms with Gasteiger partial charge in [-0.1, -0.05) is 20.3 Å². The highest BCUT2D eigenvalue weighted by molar-refractivity contribution is 4.56. The van der Waals surface area contributed by atoms with Crippen molar-refractivity contribution in [2.45, 2.75) is 26.7 Å². The Hall–Kier alpha value is -0.0800. The minimum absolute atomic E-state index is 0.302. The maximum Gasteiger partial charge on any atom is 0.0468 e. The van der Waals surface area contributed by atoms with Crippen molar-refractivity contribution >= 4 is 0 Å². The van der Waals surface area contributed by atoms with Crippen LogP contribution in [0.4, 0.5) is 0 Å². The van der Waals surface area contributed by atoms with Gasteiger partial charge in [0.1, 0.15) is 0 Å². The molecule has 0 radical (unpaired) electrons. The van der Waals surface area contributed by atoms with Crippen LogP contribution >= 0.6 is 0 Å². The molecule has 0 aromatic rings. The predicted octanol–water partition coefficient (Wildman–Crippen LogP) is 1.35. The Kier molecular flexibility index (Phi) is 6.57. The molecular weight excluding hydrogens is 138 g/mol. The maximum atomic E-state index is 8.78. The van der Waals surface area contributed by atoms with Crippen LogP contribution in [0.15, 0.2) is 0 Å². The van der Waals surface area contributed by atoms with E-state index in [1.165, 1.54) is 12.8 Å². The van der Waals surface area contributed by atoms with Gasteiger partial charge in [0.2, 0.25) is 0 Å². The van der Waals surface area contributed by atoms with Gasteiger partial charge >= 0.3 is 0 Å². The number of aliphatic hydroxyl groups is 1. The Morgan fingerprint density at radius 1 is 1.45 bits per heavy atom. The van der Waals surface area contributed by atoms with Gasteiger partial charge in [0.25, 0.3) is 0 Å². The molecule has 68 valence electrons. The van der Waals surface area contributed by atoms with Crippen LogP contribution in [0.5, 0.6) is 0 Å². The Morgan fingerprint density at radius 3 is 2.55 bits per heavy atom. The number of nitrogens with zero attached hydrogens (tertiary/aromatic N) is 1. The molecule has 0 rings (SSSR count). The minimum atomic E-state index is 0.302. The molecule has 0 saturated heterocycles. The molecule has 0 heterocycles. The van der Waals surface area contributed by atoms with E-state index in [1.807, 2.05) is 0 Å². The lowest BCUT2D eigenvalue weighted by Gasteiger charge is -2.19. The third-order valence-corrected chi connectivity index (χ3v) is 1.83. The summed E-state index contributed by atoms with van der Waals surface area (Å²) < 4.78 is 0. The Labute approximate surface area is 70.2 Å². The first-order valence-corrected chi connectivity index (χ1v) is 4.50. The van der Waals surface area contributed by atoms with Crippen molar-refractivity contribution in [1.29, 1.82) is 0 Å². The molecule has 2 nitrogen and oxygen atoms in total. The molecule has 1 N–H and O–H groups in total. The second-order valence-corrected chi connectivity index (χ2v) is 3.40. The summed E-state index contributed by atoms with van der Waals surface area (Å²) in [5.41, 5.74) is 0. The van der Waals surface area contributed by atoms with Gasteiger partial charge in [0.15, 0.2) is 0 Å². The molecule has 11 heavy (non-hydrogen) atoms. The monoisotopic (exact) mass is 159 g/mol. The van der Waals surface area contributed by atoms with Crippen LogP contribution in [-0.4, -0.2) is 36.8 Å². The van der Waals surface area contributed by atoms with Crippen molar-refractivity contribution in [2.75, 3.05) is 26.7 Å². The fourth-order valence-corrected chi connectivity index (χ4v) is 1.11. The van der Waals surface area contributed by atoms with Gasteiger partial charge in [0.05, 0.1) is 0 Å². The van der Waals surface area contributed by atoms with Gasteiger partial charge in [-0.05, 0) is 25.9 Å². The fraction of sp³-hybridized carbons (Fsp3) is 1.00. The summed E-state index contributed by atoms with van der Waals surface area (Å²) in [6, 6.07) is 0. The Morgan fingerprint density at radius 2 is 2.09 bits per heavy atom. The van der Waals surface area contributed by atoms with Crippen LogP contribution in [-0.2, 0) is 0 Å². The summed E-state index contributed by atoms with van der Waals surface area (Å²) in [5.74, 6) is 0.414. The molecule has 1 atom stereocenters. The van der Waals surface area contributed by atoms with Gasteiger partial charge in [-0.3, -0.25) is 0 Å². The normalized spacial score (nSPS) is 13.9. The molecule has 0 bridgehead atoms. The lowest BCUT2D eigenvalue weighted by Crippen LogP contribution is -2.26. The number of unbranched alkanes of at least 4 members (excludes halogenated alkanes) is 1. The van der Waals surface area contributed by atoms with E-state index in [9.17, 15) is 0 Å². The van der Waals surface area contributed by atoms with Crippen LogP contribution in [0, 0.1) is 5.92 Å². The predicted molar refractivity (Wildman–Crippen MR) is 48.7 cm³/mol. The van der Waals surface area contributed by atoms with Crippen LogP contribution in [0.1, 0.15) is 26.7 Å². The standard InChI is InChI=1S/C9H21NO/c1-4-5-6-10(3)7-9(2)8-11/h9,11H,4-8H2,1-3H3. The van der Waals surface area contributed by atoms with Gasteiger partial charge in [-0.2, -0.15) is 0 Å². The van der Waals surface area contributed by atoms with E-state index in [0.717, 1.165) is 13.1 Å². The molecule has 0 aliphatic carbocycles. The van der Waals surface area contributed by atoms with Crippen molar-refractivity contribution in [3.05, 3.63) is 0 Å². The third-order valence-electron chi connectivity index (χ3n) is 1.83. The van der Waals surface area contributed by atoms with E-state index in [1.54, 1.807) is 0 Å². The topological polar surface area (TPSA) is 23.5 Å². The highest BCUT2D eigenvalue weighted by atomic mass is 16.3. The number of hydrogen-bond acceptors (Lipinski definition) is 2. The summed E-state index contributed by atoms with van der Waals surface area (Å²) in [7, 11) is 2.11. The quantitative estimate of drug-likeness (QED) is 0.632. The van der Waals surface area contributed by atoms with E-state index in [-0.39, 0.29) is 0 Å². The first-order valence-electron chi connectivity index (χ1n) is 4.50. The zero-order valence-electron chi connectivity index (χ0n) is 8.01. The van der Waals surface area contributed by atoms with Crippen molar-refractivity contribution in [1.82, 2.24) is 4.90 Å². The van der Waals surface area contributed by atoms with Crippen LogP contribution in [0.25, 0.3) is 0 Å². The van der Waals surface area contributed by atoms with Crippen molar-refractivity contribution in [3.63, 3.8) is 0 Å². The zero-order chi connectivity index (χ0) is 8.69. The average Bonchev–Trinajstić information content (AvgIpc) is 2.00. The molecule has 0 amide bonds. The van der Waals surface area contributed by atoms with Crippen LogP contribution < -0.4 is 0 Å². The van der Waals surface area contributed by atoms with E-state index >= 15 is 0 Å². The first kappa shape index (κ1) is 10.9. The highest BCUT2D eigenvalue weighted by Crippen LogP contribution is 1.98. The summed E-state index contributed by atoms with van der Waals surface area (Å²) in [4.78, 5) is 2.28. The maximum absolute atomic E-state index is 8.78. The Balaban J connectivity index is 3.27. The lowest BCUT2D eigenvalue weighted by molar-refractivity contribution is 0.190. The smallest absolute Gasteiger partial charge is 0.0468 e. The average molecular weight is 159 g/mol. The molecule has 1 unspecified atom stereocenters. The largest absolute Gasteiger partial charge is 0.396 e. The van der Waals surface area contributed by atoms with E-state index in [2.05, 4.69) is 25.8 Å². The number of rotatable bonds is 6. The molecule has 0 aromatic heterocycles. The molecular formula is C9H21NO. The molecule has 0 spiro atoms. The van der Waals surface area contributed by atoms with Crippen molar-refractivity contribution in [3.8, 4) is 0 Å². The highest BCUT2D eigenvalue weighted by Gasteiger charge is 2.03. The minimum Gasteiger partial charge on any atom is -0.396 e. The molecule has 2 heteroatoms. The Bertz CT molecular complexity index is 85.6. The first-order chi connectivity index (χ1) is 5.20. The van der Waals surface area contributed by atoms with E-state index in [4.69, 9.17) is 5.11 Å². The molecule has 0 aliphatic rings. The summed E-state index contributed by atoms with van der Waals surface area (Å²) in [6.07, 6.45) is 2.51. The summed E-state index contributed by atoms with van der Waals surface area (Å²) >= 11 is 0. The third kappa shape index (κ3) is 6.32. The van der Waals surface area contributed by atoms with E-state index in [0.29, 0.717) is 12.5 Å². The number of aliphatic hydroxyl groups excluding tert-OH is 1. The SMILES string of the molecule is CCCCN(C)CC(C)CO. The van der Waals surface area contributed by atoms with Crippen LogP contribution in [0.2, 0.25) is 0 Å².